The van der Waals surface area contributed by atoms with E-state index in [1.54, 1.807) is 42.7 Å². The molecule has 0 atom stereocenters. The first-order valence-corrected chi connectivity index (χ1v) is 9.24. The molecule has 3 heterocycles. The molecule has 140 valence electrons. The van der Waals surface area contributed by atoms with Crippen molar-refractivity contribution >= 4 is 28.8 Å². The van der Waals surface area contributed by atoms with Crippen LogP contribution in [0.15, 0.2) is 79.1 Å². The van der Waals surface area contributed by atoms with E-state index in [1.165, 1.54) is 4.90 Å². The van der Waals surface area contributed by atoms with Gasteiger partial charge in [0.15, 0.2) is 0 Å². The van der Waals surface area contributed by atoms with Crippen molar-refractivity contribution in [2.45, 2.75) is 0 Å². The standard InChI is InChI=1S/C23H16N4O2/c28-21-18-9-2-3-10-19(18)22(29)26(21)14-5-8-17-15-16-7-1-4-11-20(16)27(17)23-24-12-6-13-25-23/h1-13,15H,14H2/b8-5+. The minimum atomic E-state index is -0.262. The smallest absolute Gasteiger partial charge is 0.261 e. The maximum atomic E-state index is 12.5. The number of hydrogen-bond donors (Lipinski definition) is 0. The minimum absolute atomic E-state index is 0.198. The summed E-state index contributed by atoms with van der Waals surface area (Å²) in [6, 6.07) is 18.7. The normalized spacial score (nSPS) is 13.6. The molecule has 1 aliphatic heterocycles. The number of para-hydroxylation sites is 1. The lowest BCUT2D eigenvalue weighted by atomic mass is 10.1. The highest BCUT2D eigenvalue weighted by Gasteiger charge is 2.34. The van der Waals surface area contributed by atoms with E-state index in [-0.39, 0.29) is 18.4 Å². The summed E-state index contributed by atoms with van der Waals surface area (Å²) < 4.78 is 1.95. The monoisotopic (exact) mass is 380 g/mol. The van der Waals surface area contributed by atoms with Crippen LogP contribution in [0, 0.1) is 0 Å². The fourth-order valence-corrected chi connectivity index (χ4v) is 3.61. The van der Waals surface area contributed by atoms with Crippen LogP contribution in [0.3, 0.4) is 0 Å². The third kappa shape index (κ3) is 2.82. The summed E-state index contributed by atoms with van der Waals surface area (Å²) >= 11 is 0. The maximum Gasteiger partial charge on any atom is 0.261 e. The van der Waals surface area contributed by atoms with Crippen LogP contribution in [-0.4, -0.2) is 37.8 Å². The minimum Gasteiger partial charge on any atom is -0.279 e. The number of amides is 2. The zero-order valence-corrected chi connectivity index (χ0v) is 15.4. The van der Waals surface area contributed by atoms with E-state index in [9.17, 15) is 9.59 Å². The number of carbonyl (C=O) groups excluding carboxylic acids is 2. The first-order chi connectivity index (χ1) is 14.2. The highest BCUT2D eigenvalue weighted by Crippen LogP contribution is 2.25. The van der Waals surface area contributed by atoms with Crippen LogP contribution in [0.2, 0.25) is 0 Å². The Morgan fingerprint density at radius 1 is 0.828 bits per heavy atom. The van der Waals surface area contributed by atoms with Crippen LogP contribution < -0.4 is 0 Å². The number of rotatable bonds is 4. The molecule has 0 unspecified atom stereocenters. The van der Waals surface area contributed by atoms with Crippen molar-refractivity contribution in [2.75, 3.05) is 6.54 Å². The van der Waals surface area contributed by atoms with E-state index in [4.69, 9.17) is 0 Å². The zero-order valence-electron chi connectivity index (χ0n) is 15.4. The van der Waals surface area contributed by atoms with Crippen LogP contribution in [0.5, 0.6) is 0 Å². The molecule has 0 spiro atoms. The molecular formula is C23H16N4O2. The Bertz CT molecular complexity index is 1240. The lowest BCUT2D eigenvalue weighted by Gasteiger charge is -2.10. The Labute approximate surface area is 166 Å². The number of hydrogen-bond acceptors (Lipinski definition) is 4. The Morgan fingerprint density at radius 3 is 2.21 bits per heavy atom. The molecule has 0 bridgehead atoms. The molecule has 2 amide bonds. The molecule has 0 saturated heterocycles. The van der Waals surface area contributed by atoms with Gasteiger partial charge in [-0.05, 0) is 36.4 Å². The molecule has 29 heavy (non-hydrogen) atoms. The van der Waals surface area contributed by atoms with E-state index < -0.39 is 0 Å². The quantitative estimate of drug-likeness (QED) is 0.506. The van der Waals surface area contributed by atoms with Gasteiger partial charge in [-0.3, -0.25) is 19.1 Å². The lowest BCUT2D eigenvalue weighted by molar-refractivity contribution is 0.0672. The Hall–Kier alpha value is -4.06. The van der Waals surface area contributed by atoms with Crippen molar-refractivity contribution < 1.29 is 9.59 Å². The van der Waals surface area contributed by atoms with Gasteiger partial charge in [-0.1, -0.05) is 36.4 Å². The summed E-state index contributed by atoms with van der Waals surface area (Å²) in [5.41, 5.74) is 2.77. The van der Waals surface area contributed by atoms with Gasteiger partial charge >= 0.3 is 0 Å². The Balaban J connectivity index is 1.48. The average Bonchev–Trinajstić information content (AvgIpc) is 3.25. The molecule has 6 heteroatoms. The number of benzene rings is 2. The summed E-state index contributed by atoms with van der Waals surface area (Å²) in [7, 11) is 0. The van der Waals surface area contributed by atoms with Crippen LogP contribution >= 0.6 is 0 Å². The molecule has 0 N–H and O–H groups in total. The maximum absolute atomic E-state index is 12.5. The van der Waals surface area contributed by atoms with Crippen molar-refractivity contribution in [2.24, 2.45) is 0 Å². The van der Waals surface area contributed by atoms with Gasteiger partial charge in [-0.25, -0.2) is 9.97 Å². The highest BCUT2D eigenvalue weighted by atomic mass is 16.2. The SMILES string of the molecule is O=C1c2ccccc2C(=O)N1C/C=C/c1cc2ccccc2n1-c1ncccn1. The van der Waals surface area contributed by atoms with Crippen molar-refractivity contribution in [1.29, 1.82) is 0 Å². The van der Waals surface area contributed by atoms with E-state index in [0.717, 1.165) is 16.6 Å². The summed E-state index contributed by atoms with van der Waals surface area (Å²) in [5.74, 6) is 0.0402. The number of imide groups is 1. The number of fused-ring (bicyclic) bond motifs is 2. The summed E-state index contributed by atoms with van der Waals surface area (Å²) in [6.45, 7) is 0.198. The van der Waals surface area contributed by atoms with E-state index >= 15 is 0 Å². The Morgan fingerprint density at radius 2 is 1.48 bits per heavy atom. The summed E-state index contributed by atoms with van der Waals surface area (Å²) in [4.78, 5) is 35.0. The predicted octanol–water partition coefficient (Wildman–Crippen LogP) is 3.73. The second-order valence-electron chi connectivity index (χ2n) is 6.68. The lowest BCUT2D eigenvalue weighted by Crippen LogP contribution is -2.29. The van der Waals surface area contributed by atoms with Crippen molar-refractivity contribution in [3.63, 3.8) is 0 Å². The van der Waals surface area contributed by atoms with Gasteiger partial charge in [0.1, 0.15) is 0 Å². The van der Waals surface area contributed by atoms with Crippen LogP contribution in [0.4, 0.5) is 0 Å². The molecule has 4 aromatic rings. The van der Waals surface area contributed by atoms with Crippen molar-refractivity contribution in [3.05, 3.63) is 96.0 Å². The van der Waals surface area contributed by atoms with Crippen LogP contribution in [-0.2, 0) is 0 Å². The molecule has 1 aliphatic rings. The molecule has 0 fully saturated rings. The van der Waals surface area contributed by atoms with E-state index in [0.29, 0.717) is 17.1 Å². The van der Waals surface area contributed by atoms with Crippen LogP contribution in [0.25, 0.3) is 22.9 Å². The molecule has 5 rings (SSSR count). The first kappa shape index (κ1) is 17.1. The number of carbonyl (C=O) groups is 2. The van der Waals surface area contributed by atoms with Gasteiger partial charge in [0, 0.05) is 30.0 Å². The van der Waals surface area contributed by atoms with Gasteiger partial charge < -0.3 is 0 Å². The molecule has 2 aromatic carbocycles. The largest absolute Gasteiger partial charge is 0.279 e. The third-order valence-corrected chi connectivity index (χ3v) is 4.95. The van der Waals surface area contributed by atoms with Gasteiger partial charge in [0.2, 0.25) is 5.95 Å². The molecule has 2 aromatic heterocycles. The average molecular weight is 380 g/mol. The number of nitrogens with zero attached hydrogens (tertiary/aromatic N) is 4. The molecule has 6 nitrogen and oxygen atoms in total. The second kappa shape index (κ2) is 6.83. The van der Waals surface area contributed by atoms with Crippen molar-refractivity contribution in [3.8, 4) is 5.95 Å². The first-order valence-electron chi connectivity index (χ1n) is 9.24. The summed E-state index contributed by atoms with van der Waals surface area (Å²) in [5, 5.41) is 1.06. The van der Waals surface area contributed by atoms with Gasteiger partial charge in [0.05, 0.1) is 16.6 Å². The van der Waals surface area contributed by atoms with E-state index in [2.05, 4.69) is 9.97 Å². The van der Waals surface area contributed by atoms with Crippen LogP contribution in [0.1, 0.15) is 26.4 Å². The summed E-state index contributed by atoms with van der Waals surface area (Å²) in [6.07, 6.45) is 7.10. The fourth-order valence-electron chi connectivity index (χ4n) is 3.61. The second-order valence-corrected chi connectivity index (χ2v) is 6.68. The van der Waals surface area contributed by atoms with E-state index in [1.807, 2.05) is 47.1 Å². The Kier molecular flexibility index (Phi) is 4.02. The van der Waals surface area contributed by atoms with Gasteiger partial charge in [-0.15, -0.1) is 0 Å². The highest BCUT2D eigenvalue weighted by molar-refractivity contribution is 6.21. The predicted molar refractivity (Wildman–Crippen MR) is 110 cm³/mol. The topological polar surface area (TPSA) is 68.1 Å². The van der Waals surface area contributed by atoms with Gasteiger partial charge in [-0.2, -0.15) is 0 Å². The third-order valence-electron chi connectivity index (χ3n) is 4.95. The molecule has 0 saturated carbocycles. The molecule has 0 aliphatic carbocycles. The molecule has 0 radical (unpaired) electrons. The van der Waals surface area contributed by atoms with Crippen molar-refractivity contribution in [1.82, 2.24) is 19.4 Å². The number of aromatic nitrogens is 3. The van der Waals surface area contributed by atoms with Gasteiger partial charge in [0.25, 0.3) is 11.8 Å². The fraction of sp³-hybridized carbons (Fsp3) is 0.0435. The molecular weight excluding hydrogens is 364 g/mol. The zero-order chi connectivity index (χ0) is 19.8.